The predicted octanol–water partition coefficient (Wildman–Crippen LogP) is 6.90. The molecule has 1 aliphatic rings. The van der Waals surface area contributed by atoms with E-state index in [-0.39, 0.29) is 0 Å². The summed E-state index contributed by atoms with van der Waals surface area (Å²) in [5.41, 5.74) is 0.587. The second-order valence-electron chi connectivity index (χ2n) is 9.27. The van der Waals surface area contributed by atoms with Crippen LogP contribution in [0.2, 0.25) is 0 Å². The molecule has 0 heteroatoms. The normalized spacial score (nSPS) is 37.4. The Morgan fingerprint density at radius 3 is 1.71 bits per heavy atom. The van der Waals surface area contributed by atoms with Crippen molar-refractivity contribution in [2.45, 2.75) is 82.1 Å². The highest BCUT2D eigenvalue weighted by molar-refractivity contribution is 5.03. The summed E-state index contributed by atoms with van der Waals surface area (Å²) in [5.74, 6) is 6.94. The molecule has 0 aromatic heterocycles. The Morgan fingerprint density at radius 1 is 0.905 bits per heavy atom. The highest BCUT2D eigenvalue weighted by atomic mass is 14.6. The minimum atomic E-state index is 0.587. The Kier molecular flexibility index (Phi) is 6.40. The van der Waals surface area contributed by atoms with E-state index in [2.05, 4.69) is 69.2 Å². The van der Waals surface area contributed by atoms with Gasteiger partial charge in [-0.3, -0.25) is 0 Å². The molecular formula is C21H42. The maximum atomic E-state index is 2.55. The van der Waals surface area contributed by atoms with Gasteiger partial charge in [0.1, 0.15) is 0 Å². The van der Waals surface area contributed by atoms with Crippen molar-refractivity contribution in [1.82, 2.24) is 0 Å². The molecule has 0 radical (unpaired) electrons. The van der Waals surface area contributed by atoms with Crippen molar-refractivity contribution < 1.29 is 0 Å². The second-order valence-corrected chi connectivity index (χ2v) is 9.27. The first-order valence-electron chi connectivity index (χ1n) is 9.57. The van der Waals surface area contributed by atoms with Gasteiger partial charge in [-0.1, -0.05) is 75.7 Å². The fourth-order valence-electron chi connectivity index (χ4n) is 5.54. The Morgan fingerprint density at radius 2 is 1.38 bits per heavy atom. The van der Waals surface area contributed by atoms with Crippen LogP contribution in [-0.2, 0) is 0 Å². The van der Waals surface area contributed by atoms with Crippen LogP contribution in [0.1, 0.15) is 82.1 Å². The third-order valence-electron chi connectivity index (χ3n) is 7.71. The van der Waals surface area contributed by atoms with Gasteiger partial charge in [0.2, 0.25) is 0 Å². The highest BCUT2D eigenvalue weighted by Gasteiger charge is 2.55. The Bertz CT molecular complexity index is 304. The molecule has 0 spiro atoms. The Hall–Kier alpha value is 0. The van der Waals surface area contributed by atoms with Crippen LogP contribution in [-0.4, -0.2) is 0 Å². The van der Waals surface area contributed by atoms with Gasteiger partial charge in [0.25, 0.3) is 0 Å². The Labute approximate surface area is 135 Å². The first kappa shape index (κ1) is 19.0. The molecule has 1 fully saturated rings. The van der Waals surface area contributed by atoms with Crippen molar-refractivity contribution in [3.8, 4) is 0 Å². The molecule has 0 aliphatic heterocycles. The summed E-state index contributed by atoms with van der Waals surface area (Å²) in [5, 5.41) is 0. The van der Waals surface area contributed by atoms with Gasteiger partial charge in [-0.15, -0.1) is 0 Å². The molecule has 1 rings (SSSR count). The van der Waals surface area contributed by atoms with Gasteiger partial charge < -0.3 is 0 Å². The lowest BCUT2D eigenvalue weighted by Gasteiger charge is -2.61. The van der Waals surface area contributed by atoms with Crippen LogP contribution < -0.4 is 0 Å². The lowest BCUT2D eigenvalue weighted by Crippen LogP contribution is -2.56. The van der Waals surface area contributed by atoms with Gasteiger partial charge in [-0.05, 0) is 59.2 Å². The molecule has 5 atom stereocenters. The van der Waals surface area contributed by atoms with Crippen LogP contribution in [0.3, 0.4) is 0 Å². The molecule has 0 bridgehead atoms. The van der Waals surface area contributed by atoms with Crippen LogP contribution in [0.5, 0.6) is 0 Å². The molecule has 0 amide bonds. The lowest BCUT2D eigenvalue weighted by atomic mass is 9.43. The average molecular weight is 295 g/mol. The summed E-state index contributed by atoms with van der Waals surface area (Å²) < 4.78 is 0. The van der Waals surface area contributed by atoms with Gasteiger partial charge in [0.15, 0.2) is 0 Å². The van der Waals surface area contributed by atoms with E-state index in [1.807, 2.05) is 0 Å². The van der Waals surface area contributed by atoms with Gasteiger partial charge in [-0.25, -0.2) is 0 Å². The molecule has 1 saturated carbocycles. The summed E-state index contributed by atoms with van der Waals surface area (Å²) >= 11 is 0. The summed E-state index contributed by atoms with van der Waals surface area (Å²) in [6, 6.07) is 0. The third-order valence-corrected chi connectivity index (χ3v) is 7.71. The number of hydrogen-bond donors (Lipinski definition) is 0. The van der Waals surface area contributed by atoms with Crippen LogP contribution in [0.15, 0.2) is 0 Å². The van der Waals surface area contributed by atoms with Crippen molar-refractivity contribution in [2.24, 2.45) is 52.8 Å². The number of rotatable bonds is 7. The molecule has 5 unspecified atom stereocenters. The minimum Gasteiger partial charge on any atom is -0.0648 e. The van der Waals surface area contributed by atoms with Crippen LogP contribution in [0.4, 0.5) is 0 Å². The summed E-state index contributed by atoms with van der Waals surface area (Å²) in [6.45, 7) is 24.7. The zero-order chi connectivity index (χ0) is 16.5. The Balaban J connectivity index is 2.80. The molecule has 0 aromatic carbocycles. The van der Waals surface area contributed by atoms with E-state index in [1.165, 1.54) is 12.8 Å². The fraction of sp³-hybridized carbons (Fsp3) is 1.00. The number of hydrogen-bond acceptors (Lipinski definition) is 0. The van der Waals surface area contributed by atoms with Crippen molar-refractivity contribution in [2.75, 3.05) is 0 Å². The SMILES string of the molecule is CCC1(C)C(C)C(C(C)C(C)C(CC(C)C)C(C)C)C1C. The van der Waals surface area contributed by atoms with Crippen LogP contribution >= 0.6 is 0 Å². The van der Waals surface area contributed by atoms with E-state index in [0.29, 0.717) is 5.41 Å². The third kappa shape index (κ3) is 3.50. The maximum absolute atomic E-state index is 2.55. The molecule has 0 saturated heterocycles. The zero-order valence-corrected chi connectivity index (χ0v) is 16.5. The topological polar surface area (TPSA) is 0 Å². The fourth-order valence-corrected chi connectivity index (χ4v) is 5.54. The molecule has 0 N–H and O–H groups in total. The highest BCUT2D eigenvalue weighted by Crippen LogP contribution is 2.61. The van der Waals surface area contributed by atoms with Crippen molar-refractivity contribution in [3.05, 3.63) is 0 Å². The standard InChI is InChI=1S/C21H42/c1-11-21(10)17(8)20(18(21)9)16(7)15(6)19(14(4)5)12-13(2)3/h13-20H,11-12H2,1-10H3. The van der Waals surface area contributed by atoms with Crippen LogP contribution in [0, 0.1) is 52.8 Å². The summed E-state index contributed by atoms with van der Waals surface area (Å²) in [6.07, 6.45) is 2.73. The van der Waals surface area contributed by atoms with Crippen molar-refractivity contribution >= 4 is 0 Å². The average Bonchev–Trinajstić information content (AvgIpc) is 2.42. The van der Waals surface area contributed by atoms with E-state index in [1.54, 1.807) is 0 Å². The van der Waals surface area contributed by atoms with Gasteiger partial charge in [0, 0.05) is 0 Å². The van der Waals surface area contributed by atoms with Crippen molar-refractivity contribution in [1.29, 1.82) is 0 Å². The van der Waals surface area contributed by atoms with E-state index in [0.717, 1.165) is 47.3 Å². The smallest absolute Gasteiger partial charge is 0.0271 e. The predicted molar refractivity (Wildman–Crippen MR) is 96.3 cm³/mol. The summed E-state index contributed by atoms with van der Waals surface area (Å²) in [7, 11) is 0. The zero-order valence-electron chi connectivity index (χ0n) is 16.5. The molecule has 0 heterocycles. The molecule has 21 heavy (non-hydrogen) atoms. The molecule has 126 valence electrons. The van der Waals surface area contributed by atoms with E-state index >= 15 is 0 Å². The summed E-state index contributed by atoms with van der Waals surface area (Å²) in [4.78, 5) is 0. The van der Waals surface area contributed by atoms with Crippen LogP contribution in [0.25, 0.3) is 0 Å². The largest absolute Gasteiger partial charge is 0.0648 e. The van der Waals surface area contributed by atoms with E-state index in [9.17, 15) is 0 Å². The quantitative estimate of drug-likeness (QED) is 0.479. The first-order chi connectivity index (χ1) is 9.57. The van der Waals surface area contributed by atoms with Gasteiger partial charge in [-0.2, -0.15) is 0 Å². The van der Waals surface area contributed by atoms with E-state index in [4.69, 9.17) is 0 Å². The molecule has 0 nitrogen and oxygen atoms in total. The minimum absolute atomic E-state index is 0.587. The first-order valence-corrected chi connectivity index (χ1v) is 9.57. The monoisotopic (exact) mass is 294 g/mol. The van der Waals surface area contributed by atoms with Gasteiger partial charge in [0.05, 0.1) is 0 Å². The molecule has 0 aromatic rings. The maximum Gasteiger partial charge on any atom is -0.0271 e. The van der Waals surface area contributed by atoms with Crippen molar-refractivity contribution in [3.63, 3.8) is 0 Å². The lowest BCUT2D eigenvalue weighted by molar-refractivity contribution is -0.133. The molecular weight excluding hydrogens is 252 g/mol. The molecule has 1 aliphatic carbocycles. The van der Waals surface area contributed by atoms with E-state index < -0.39 is 0 Å². The van der Waals surface area contributed by atoms with Gasteiger partial charge >= 0.3 is 0 Å². The second kappa shape index (κ2) is 7.05.